The second-order valence-electron chi connectivity index (χ2n) is 12.5. The van der Waals surface area contributed by atoms with E-state index in [0.29, 0.717) is 93.1 Å². The van der Waals surface area contributed by atoms with Crippen molar-refractivity contribution >= 4 is 16.9 Å². The first kappa shape index (κ1) is 33.4. The Labute approximate surface area is 269 Å². The van der Waals surface area contributed by atoms with Gasteiger partial charge in [0.2, 0.25) is 0 Å². The maximum atomic E-state index is 15.8. The number of fused-ring (bicyclic) bond motifs is 1. The quantitative estimate of drug-likeness (QED) is 0.162. The van der Waals surface area contributed by atoms with Gasteiger partial charge in [-0.15, -0.1) is 13.2 Å². The third-order valence-corrected chi connectivity index (χ3v) is 9.61. The van der Waals surface area contributed by atoms with Crippen molar-refractivity contribution in [3.63, 3.8) is 0 Å². The minimum absolute atomic E-state index is 0.0134. The lowest BCUT2D eigenvalue weighted by Crippen LogP contribution is -2.39. The summed E-state index contributed by atoms with van der Waals surface area (Å²) in [4.78, 5) is 25.2. The number of nitrogens with one attached hydrogen (secondary N) is 1. The Balaban J connectivity index is 1.47. The highest BCUT2D eigenvalue weighted by Gasteiger charge is 2.43. The Hall–Kier alpha value is -3.94. The first-order valence-corrected chi connectivity index (χ1v) is 16.3. The third kappa shape index (κ3) is 6.91. The number of allylic oxidation sites excluding steroid dienone is 1. The number of piperidine rings is 1. The first-order valence-electron chi connectivity index (χ1n) is 16.3. The molecule has 244 valence electrons. The number of nitrogens with zero attached hydrogens (tertiary/aromatic N) is 5. The predicted molar refractivity (Wildman–Crippen MR) is 177 cm³/mol. The molecular formula is C36H44F2N6O2. The van der Waals surface area contributed by atoms with E-state index < -0.39 is 17.3 Å². The minimum Gasteiger partial charge on any atom is -0.381 e. The zero-order valence-corrected chi connectivity index (χ0v) is 26.7. The molecule has 8 nitrogen and oxygen atoms in total. The Morgan fingerprint density at radius 3 is 2.63 bits per heavy atom. The van der Waals surface area contributed by atoms with Crippen LogP contribution in [0, 0.1) is 17.2 Å². The Morgan fingerprint density at radius 2 is 1.93 bits per heavy atom. The lowest BCUT2D eigenvalue weighted by molar-refractivity contribution is -0.0847. The number of hydrogen-bond donors (Lipinski definition) is 1. The van der Waals surface area contributed by atoms with E-state index in [9.17, 15) is 10.1 Å². The van der Waals surface area contributed by atoms with Crippen molar-refractivity contribution in [3.8, 4) is 6.07 Å². The number of hydrogen-bond acceptors (Lipinski definition) is 7. The van der Waals surface area contributed by atoms with Gasteiger partial charge in [-0.2, -0.15) is 5.26 Å². The van der Waals surface area contributed by atoms with Gasteiger partial charge in [0.15, 0.2) is 0 Å². The zero-order valence-electron chi connectivity index (χ0n) is 26.7. The largest absolute Gasteiger partial charge is 0.381 e. The molecule has 2 fully saturated rings. The molecule has 10 heteroatoms. The van der Waals surface area contributed by atoms with Gasteiger partial charge in [-0.1, -0.05) is 30.4 Å². The summed E-state index contributed by atoms with van der Waals surface area (Å²) in [5.74, 6) is -3.20. The van der Waals surface area contributed by atoms with E-state index in [0.717, 1.165) is 19.3 Å². The summed E-state index contributed by atoms with van der Waals surface area (Å²) >= 11 is 0. The molecule has 2 aliphatic rings. The molecule has 2 aliphatic heterocycles. The molecule has 4 heterocycles. The number of rotatable bonds is 13. The molecule has 0 saturated carbocycles. The van der Waals surface area contributed by atoms with E-state index in [-0.39, 0.29) is 17.2 Å². The molecule has 2 aromatic heterocycles. The number of halogens is 2. The molecule has 2 saturated heterocycles. The van der Waals surface area contributed by atoms with Crippen molar-refractivity contribution in [1.29, 1.82) is 5.26 Å². The van der Waals surface area contributed by atoms with Crippen LogP contribution < -0.4 is 10.9 Å². The smallest absolute Gasteiger partial charge is 0.276 e. The van der Waals surface area contributed by atoms with Crippen molar-refractivity contribution in [2.75, 3.05) is 38.2 Å². The van der Waals surface area contributed by atoms with Crippen LogP contribution in [0.1, 0.15) is 74.6 Å². The number of likely N-dealkylation sites (tertiary alicyclic amines) is 1. The number of alkyl halides is 2. The number of pyridine rings is 1. The van der Waals surface area contributed by atoms with Gasteiger partial charge >= 0.3 is 0 Å². The third-order valence-electron chi connectivity index (χ3n) is 9.61. The minimum atomic E-state index is -2.95. The van der Waals surface area contributed by atoms with Gasteiger partial charge in [0.1, 0.15) is 17.8 Å². The summed E-state index contributed by atoms with van der Waals surface area (Å²) in [5, 5.41) is 14.4. The summed E-state index contributed by atoms with van der Waals surface area (Å²) in [6, 6.07) is 10.4. The van der Waals surface area contributed by atoms with Crippen molar-refractivity contribution in [2.24, 2.45) is 5.92 Å². The molecule has 1 aromatic carbocycles. The summed E-state index contributed by atoms with van der Waals surface area (Å²) in [6.07, 6.45) is 9.21. The monoisotopic (exact) mass is 630 g/mol. The maximum Gasteiger partial charge on any atom is 0.276 e. The summed E-state index contributed by atoms with van der Waals surface area (Å²) in [7, 11) is 0. The van der Waals surface area contributed by atoms with Gasteiger partial charge in [0, 0.05) is 49.4 Å². The molecule has 0 amide bonds. The van der Waals surface area contributed by atoms with Gasteiger partial charge in [0.25, 0.3) is 11.5 Å². The fraction of sp³-hybridized carbons (Fsp3) is 0.500. The molecular weight excluding hydrogens is 586 g/mol. The highest BCUT2D eigenvalue weighted by Crippen LogP contribution is 2.42. The zero-order chi connectivity index (χ0) is 32.7. The van der Waals surface area contributed by atoms with E-state index in [1.54, 1.807) is 22.8 Å². The van der Waals surface area contributed by atoms with Crippen molar-refractivity contribution in [3.05, 3.63) is 89.0 Å². The molecule has 0 unspecified atom stereocenters. The average Bonchev–Trinajstić information content (AvgIpc) is 3.08. The van der Waals surface area contributed by atoms with Gasteiger partial charge in [-0.25, -0.2) is 18.7 Å². The molecule has 46 heavy (non-hydrogen) atoms. The van der Waals surface area contributed by atoms with Crippen LogP contribution in [-0.2, 0) is 22.6 Å². The van der Waals surface area contributed by atoms with E-state index in [1.807, 2.05) is 25.1 Å². The van der Waals surface area contributed by atoms with E-state index in [4.69, 9.17) is 4.74 Å². The Kier molecular flexibility index (Phi) is 10.6. The number of unbranched alkanes of at least 4 members (excludes halogenated alkanes) is 2. The second-order valence-corrected chi connectivity index (χ2v) is 12.5. The number of benzene rings is 1. The van der Waals surface area contributed by atoms with E-state index in [2.05, 4.69) is 39.4 Å². The van der Waals surface area contributed by atoms with Crippen LogP contribution in [0.15, 0.2) is 66.8 Å². The van der Waals surface area contributed by atoms with Gasteiger partial charge in [-0.05, 0) is 82.7 Å². The van der Waals surface area contributed by atoms with Crippen LogP contribution in [0.25, 0.3) is 11.0 Å². The van der Waals surface area contributed by atoms with Gasteiger partial charge in [-0.3, -0.25) is 14.3 Å². The van der Waals surface area contributed by atoms with E-state index in [1.165, 1.54) is 12.4 Å². The fourth-order valence-corrected chi connectivity index (χ4v) is 6.77. The lowest BCUT2D eigenvalue weighted by Gasteiger charge is -2.35. The first-order chi connectivity index (χ1) is 22.2. The molecule has 0 spiro atoms. The summed E-state index contributed by atoms with van der Waals surface area (Å²) in [6.45, 7) is 12.7. The van der Waals surface area contributed by atoms with Crippen LogP contribution in [-0.4, -0.2) is 52.3 Å². The molecule has 0 bridgehead atoms. The molecule has 0 aliphatic carbocycles. The second kappa shape index (κ2) is 14.7. The highest BCUT2D eigenvalue weighted by atomic mass is 19.3. The molecule has 1 N–H and O–H groups in total. The molecule has 1 atom stereocenters. The molecule has 3 aromatic rings. The maximum absolute atomic E-state index is 15.8. The van der Waals surface area contributed by atoms with Crippen LogP contribution >= 0.6 is 0 Å². The SMILES string of the molecule is C=CCCCCn1c(=O)c(C2(C#N)CCOCC2)cc2c(N[C@H](C)c3cccc(C(F)(F)C4CCN(CC=C)CC4)c3)ncnc21. The topological polar surface area (TPSA) is 96.1 Å². The van der Waals surface area contributed by atoms with Crippen molar-refractivity contribution < 1.29 is 13.5 Å². The number of ether oxygens (including phenoxy) is 1. The predicted octanol–water partition coefficient (Wildman–Crippen LogP) is 6.88. The average molecular weight is 631 g/mol. The van der Waals surface area contributed by atoms with Crippen LogP contribution in [0.2, 0.25) is 0 Å². The van der Waals surface area contributed by atoms with Crippen LogP contribution in [0.4, 0.5) is 14.6 Å². The fourth-order valence-electron chi connectivity index (χ4n) is 6.77. The Bertz CT molecular complexity index is 1630. The number of anilines is 1. The van der Waals surface area contributed by atoms with Gasteiger partial charge in [0.05, 0.1) is 16.9 Å². The summed E-state index contributed by atoms with van der Waals surface area (Å²) in [5.41, 5.74) is 0.398. The molecule has 0 radical (unpaired) electrons. The van der Waals surface area contributed by atoms with Crippen molar-refractivity contribution in [2.45, 2.75) is 75.8 Å². The Morgan fingerprint density at radius 1 is 1.17 bits per heavy atom. The van der Waals surface area contributed by atoms with Crippen molar-refractivity contribution in [1.82, 2.24) is 19.4 Å². The highest BCUT2D eigenvalue weighted by molar-refractivity contribution is 5.87. The number of aryl methyl sites for hydroxylation is 1. The summed E-state index contributed by atoms with van der Waals surface area (Å²) < 4.78 is 38.8. The normalized spacial score (nSPS) is 18.1. The number of nitriles is 1. The van der Waals surface area contributed by atoms with Gasteiger partial charge < -0.3 is 10.1 Å². The number of aromatic nitrogens is 3. The van der Waals surface area contributed by atoms with Crippen LogP contribution in [0.3, 0.4) is 0 Å². The molecule has 5 rings (SSSR count). The van der Waals surface area contributed by atoms with E-state index >= 15 is 8.78 Å². The lowest BCUT2D eigenvalue weighted by atomic mass is 9.75. The standard InChI is InChI=1S/C36H44F2N6O2/c1-4-6-7-8-17-44-33-30(23-31(34(44)45)35(24-39)14-20-46-21-15-35)32(40-25-41-33)42-26(3)27-10-9-11-29(22-27)36(37,38)28-12-18-43(16-5-2)19-13-28/h4-5,9-11,22-23,25-26,28H,1-2,6-8,12-21H2,3H3,(H,40,41,42)/t26-/m1/s1. The van der Waals surface area contributed by atoms with Crippen LogP contribution in [0.5, 0.6) is 0 Å².